The number of hydrogen-bond acceptors (Lipinski definition) is 5. The quantitative estimate of drug-likeness (QED) is 0.476. The fraction of sp³-hybridized carbons (Fsp3) is 0.308. The Hall–Kier alpha value is -2.57. The molecule has 0 aliphatic heterocycles. The number of ether oxygens (including phenoxy) is 1. The van der Waals surface area contributed by atoms with Crippen LogP contribution in [0.2, 0.25) is 0 Å². The maximum Gasteiger partial charge on any atom is 0.311 e. The van der Waals surface area contributed by atoms with Gasteiger partial charge in [0.05, 0.1) is 12.0 Å². The lowest BCUT2D eigenvalue weighted by molar-refractivity contribution is -0.385. The number of nitrogens with zero attached hydrogens (tertiary/aromatic N) is 3. The van der Waals surface area contributed by atoms with Crippen LogP contribution in [0.5, 0.6) is 5.75 Å². The van der Waals surface area contributed by atoms with E-state index >= 15 is 0 Å². The van der Waals surface area contributed by atoms with E-state index in [1.54, 1.807) is 18.3 Å². The maximum absolute atomic E-state index is 10.8. The largest absolute Gasteiger partial charge is 0.490 e. The minimum absolute atomic E-state index is 0.0328. The monoisotopic (exact) mass is 276 g/mol. The fourth-order valence-electron chi connectivity index (χ4n) is 1.84. The third kappa shape index (κ3) is 3.47. The molecule has 0 spiro atoms. The van der Waals surface area contributed by atoms with Crippen LogP contribution < -0.4 is 10.1 Å². The maximum atomic E-state index is 10.8. The minimum Gasteiger partial charge on any atom is -0.490 e. The lowest BCUT2D eigenvalue weighted by Crippen LogP contribution is -2.07. The minimum atomic E-state index is -0.458. The number of nitrogens with one attached hydrogen (secondary N) is 1. The third-order valence-electron chi connectivity index (χ3n) is 2.83. The molecule has 0 unspecified atom stereocenters. The summed E-state index contributed by atoms with van der Waals surface area (Å²) in [5.41, 5.74) is 0.766. The van der Waals surface area contributed by atoms with Crippen LogP contribution in [-0.2, 0) is 6.54 Å². The van der Waals surface area contributed by atoms with Gasteiger partial charge in [0.2, 0.25) is 0 Å². The molecule has 0 radical (unpaired) electrons. The molecule has 0 aliphatic carbocycles. The molecule has 0 saturated heterocycles. The molecule has 20 heavy (non-hydrogen) atoms. The van der Waals surface area contributed by atoms with Gasteiger partial charge in [0.25, 0.3) is 0 Å². The number of aryl methyl sites for hydroxylation is 1. The summed E-state index contributed by atoms with van der Waals surface area (Å²) in [4.78, 5) is 10.3. The molecular formula is C13H16N4O3. The Balaban J connectivity index is 1.88. The summed E-state index contributed by atoms with van der Waals surface area (Å²) in [6.07, 6.45) is 4.56. The average molecular weight is 276 g/mol. The average Bonchev–Trinajstić information content (AvgIpc) is 2.96. The Bertz CT molecular complexity index is 569. The highest BCUT2D eigenvalue weighted by Crippen LogP contribution is 2.29. The van der Waals surface area contributed by atoms with Crippen molar-refractivity contribution in [2.24, 2.45) is 0 Å². The summed E-state index contributed by atoms with van der Waals surface area (Å²) in [6, 6.07) is 6.63. The molecule has 106 valence electrons. The van der Waals surface area contributed by atoms with Crippen LogP contribution >= 0.6 is 0 Å². The number of nitro groups is 1. The van der Waals surface area contributed by atoms with Crippen molar-refractivity contribution >= 4 is 11.4 Å². The predicted octanol–water partition coefficient (Wildman–Crippen LogP) is 2.30. The lowest BCUT2D eigenvalue weighted by Gasteiger charge is -2.08. The van der Waals surface area contributed by atoms with E-state index < -0.39 is 4.92 Å². The van der Waals surface area contributed by atoms with Gasteiger partial charge in [0.1, 0.15) is 0 Å². The van der Waals surface area contributed by atoms with Gasteiger partial charge < -0.3 is 10.1 Å². The number of benzene rings is 1. The normalized spacial score (nSPS) is 10.2. The molecule has 1 aromatic heterocycles. The van der Waals surface area contributed by atoms with E-state index in [0.29, 0.717) is 0 Å². The number of nitro benzene ring substituents is 1. The molecule has 7 heteroatoms. The molecule has 0 bridgehead atoms. The van der Waals surface area contributed by atoms with E-state index in [1.807, 2.05) is 16.9 Å². The van der Waals surface area contributed by atoms with Gasteiger partial charge in [-0.2, -0.15) is 5.10 Å². The Morgan fingerprint density at radius 2 is 2.35 bits per heavy atom. The molecule has 0 saturated carbocycles. The molecule has 2 aromatic rings. The van der Waals surface area contributed by atoms with Crippen molar-refractivity contribution in [1.29, 1.82) is 0 Å². The number of rotatable bonds is 7. The first-order valence-corrected chi connectivity index (χ1v) is 6.24. The number of methoxy groups -OCH3 is 1. The van der Waals surface area contributed by atoms with E-state index in [-0.39, 0.29) is 11.4 Å². The van der Waals surface area contributed by atoms with Crippen LogP contribution in [0.25, 0.3) is 0 Å². The standard InChI is InChI=1S/C13H16N4O3/c1-20-13-10-11(4-5-12(13)17(18)19)14-6-2-8-16-9-3-7-15-16/h3-5,7,9-10,14H,2,6,8H2,1H3. The predicted molar refractivity (Wildman–Crippen MR) is 75.0 cm³/mol. The second-order valence-corrected chi connectivity index (χ2v) is 4.19. The first kappa shape index (κ1) is 13.9. The molecule has 1 heterocycles. The second-order valence-electron chi connectivity index (χ2n) is 4.19. The number of aromatic nitrogens is 2. The lowest BCUT2D eigenvalue weighted by atomic mass is 10.2. The highest BCUT2D eigenvalue weighted by molar-refractivity contribution is 5.57. The molecule has 7 nitrogen and oxygen atoms in total. The first-order valence-electron chi connectivity index (χ1n) is 6.24. The summed E-state index contributed by atoms with van der Waals surface area (Å²) in [7, 11) is 1.42. The topological polar surface area (TPSA) is 82.2 Å². The van der Waals surface area contributed by atoms with Crippen molar-refractivity contribution in [2.45, 2.75) is 13.0 Å². The van der Waals surface area contributed by atoms with E-state index in [4.69, 9.17) is 4.74 Å². The van der Waals surface area contributed by atoms with E-state index in [0.717, 1.165) is 25.2 Å². The van der Waals surface area contributed by atoms with Crippen molar-refractivity contribution in [2.75, 3.05) is 19.0 Å². The van der Waals surface area contributed by atoms with Crippen LogP contribution in [0.4, 0.5) is 11.4 Å². The van der Waals surface area contributed by atoms with Crippen LogP contribution in [0.1, 0.15) is 6.42 Å². The van der Waals surface area contributed by atoms with E-state index in [2.05, 4.69) is 10.4 Å². The van der Waals surface area contributed by atoms with Gasteiger partial charge in [-0.1, -0.05) is 0 Å². The van der Waals surface area contributed by atoms with Gasteiger partial charge in [-0.15, -0.1) is 0 Å². The highest BCUT2D eigenvalue weighted by Gasteiger charge is 2.14. The molecule has 2 rings (SSSR count). The third-order valence-corrected chi connectivity index (χ3v) is 2.83. The van der Waals surface area contributed by atoms with Crippen molar-refractivity contribution in [1.82, 2.24) is 9.78 Å². The zero-order chi connectivity index (χ0) is 14.4. The molecule has 1 aromatic carbocycles. The Morgan fingerprint density at radius 1 is 1.50 bits per heavy atom. The summed E-state index contributed by atoms with van der Waals surface area (Å²) >= 11 is 0. The van der Waals surface area contributed by atoms with Gasteiger partial charge in [-0.25, -0.2) is 0 Å². The number of hydrogen-bond donors (Lipinski definition) is 1. The van der Waals surface area contributed by atoms with Gasteiger partial charge in [0, 0.05) is 43.3 Å². The van der Waals surface area contributed by atoms with E-state index in [9.17, 15) is 10.1 Å². The summed E-state index contributed by atoms with van der Waals surface area (Å²) < 4.78 is 6.88. The van der Waals surface area contributed by atoms with Gasteiger partial charge in [-0.05, 0) is 18.6 Å². The molecule has 1 N–H and O–H groups in total. The van der Waals surface area contributed by atoms with Crippen molar-refractivity contribution in [3.05, 3.63) is 46.8 Å². The van der Waals surface area contributed by atoms with Crippen molar-refractivity contribution in [3.63, 3.8) is 0 Å². The Labute approximate surface area is 116 Å². The summed E-state index contributed by atoms with van der Waals surface area (Å²) in [5, 5.41) is 18.1. The van der Waals surface area contributed by atoms with Crippen LogP contribution in [0.15, 0.2) is 36.7 Å². The SMILES string of the molecule is COc1cc(NCCCn2cccn2)ccc1[N+](=O)[O-]. The van der Waals surface area contributed by atoms with Crippen LogP contribution in [0.3, 0.4) is 0 Å². The molecule has 0 atom stereocenters. The second kappa shape index (κ2) is 6.55. The van der Waals surface area contributed by atoms with Crippen molar-refractivity contribution < 1.29 is 9.66 Å². The first-order chi connectivity index (χ1) is 9.70. The number of anilines is 1. The van der Waals surface area contributed by atoms with Crippen molar-refractivity contribution in [3.8, 4) is 5.75 Å². The zero-order valence-electron chi connectivity index (χ0n) is 11.2. The van der Waals surface area contributed by atoms with Gasteiger partial charge in [-0.3, -0.25) is 14.8 Å². The Morgan fingerprint density at radius 3 is 3.00 bits per heavy atom. The molecule has 0 fully saturated rings. The molecule has 0 amide bonds. The molecular weight excluding hydrogens is 260 g/mol. The fourth-order valence-corrected chi connectivity index (χ4v) is 1.84. The zero-order valence-corrected chi connectivity index (χ0v) is 11.2. The molecule has 0 aliphatic rings. The van der Waals surface area contributed by atoms with Crippen LogP contribution in [-0.4, -0.2) is 28.4 Å². The van der Waals surface area contributed by atoms with E-state index in [1.165, 1.54) is 13.2 Å². The van der Waals surface area contributed by atoms with Crippen LogP contribution in [0, 0.1) is 10.1 Å². The van der Waals surface area contributed by atoms with Gasteiger partial charge >= 0.3 is 5.69 Å². The summed E-state index contributed by atoms with van der Waals surface area (Å²) in [6.45, 7) is 1.57. The smallest absolute Gasteiger partial charge is 0.311 e. The Kier molecular flexibility index (Phi) is 4.54. The van der Waals surface area contributed by atoms with Gasteiger partial charge in [0.15, 0.2) is 5.75 Å². The highest BCUT2D eigenvalue weighted by atomic mass is 16.6. The summed E-state index contributed by atoms with van der Waals surface area (Å²) in [5.74, 6) is 0.257.